The van der Waals surface area contributed by atoms with E-state index in [2.05, 4.69) is 10.2 Å². The number of ether oxygens (including phenoxy) is 2. The van der Waals surface area contributed by atoms with E-state index >= 15 is 0 Å². The summed E-state index contributed by atoms with van der Waals surface area (Å²) in [5, 5.41) is 2.84. The molecule has 1 fully saturated rings. The van der Waals surface area contributed by atoms with Crippen molar-refractivity contribution in [2.75, 3.05) is 36.5 Å². The maximum Gasteiger partial charge on any atom is 0.314 e. The van der Waals surface area contributed by atoms with Gasteiger partial charge < -0.3 is 19.7 Å². The molecule has 1 N–H and O–H groups in total. The molecule has 3 unspecified atom stereocenters. The third kappa shape index (κ3) is 6.07. The Bertz CT molecular complexity index is 848. The highest BCUT2D eigenvalue weighted by Crippen LogP contribution is 2.29. The molecule has 0 aromatic heterocycles. The van der Waals surface area contributed by atoms with Gasteiger partial charge in [0, 0.05) is 24.5 Å². The summed E-state index contributed by atoms with van der Waals surface area (Å²) < 4.78 is 11.0. The second-order valence-electron chi connectivity index (χ2n) is 7.99. The minimum Gasteiger partial charge on any atom is -0.452 e. The summed E-state index contributed by atoms with van der Waals surface area (Å²) in [6.07, 6.45) is -0.0493. The lowest BCUT2D eigenvalue weighted by Crippen LogP contribution is -2.36. The van der Waals surface area contributed by atoms with Crippen LogP contribution in [-0.2, 0) is 19.1 Å². The fourth-order valence-electron chi connectivity index (χ4n) is 3.72. The SMILES string of the molecule is CCC(C)C(C(=O)OC(C)C(=O)Nc1ccc(N2CCOCC2)cc1)c1ccccc1. The molecular weight excluding hydrogens is 392 g/mol. The Morgan fingerprint density at radius 2 is 1.68 bits per heavy atom. The predicted octanol–water partition coefficient (Wildman–Crippen LogP) is 4.22. The Morgan fingerprint density at radius 1 is 1.03 bits per heavy atom. The number of amides is 1. The van der Waals surface area contributed by atoms with Crippen molar-refractivity contribution in [3.05, 3.63) is 60.2 Å². The van der Waals surface area contributed by atoms with E-state index in [0.29, 0.717) is 5.69 Å². The second kappa shape index (κ2) is 11.0. The number of morpholine rings is 1. The summed E-state index contributed by atoms with van der Waals surface area (Å²) in [6.45, 7) is 8.84. The van der Waals surface area contributed by atoms with Gasteiger partial charge in [0.15, 0.2) is 6.10 Å². The van der Waals surface area contributed by atoms with Crippen LogP contribution >= 0.6 is 0 Å². The molecule has 166 valence electrons. The number of carbonyl (C=O) groups is 2. The molecule has 0 bridgehead atoms. The van der Waals surface area contributed by atoms with Gasteiger partial charge in [-0.3, -0.25) is 9.59 Å². The van der Waals surface area contributed by atoms with Crippen molar-refractivity contribution in [1.82, 2.24) is 0 Å². The zero-order valence-electron chi connectivity index (χ0n) is 18.5. The van der Waals surface area contributed by atoms with Crippen LogP contribution in [0.25, 0.3) is 0 Å². The quantitative estimate of drug-likeness (QED) is 0.643. The third-order valence-corrected chi connectivity index (χ3v) is 5.80. The van der Waals surface area contributed by atoms with Crippen molar-refractivity contribution in [1.29, 1.82) is 0 Å². The molecule has 3 rings (SSSR count). The van der Waals surface area contributed by atoms with Gasteiger partial charge >= 0.3 is 5.97 Å². The minimum atomic E-state index is -0.887. The summed E-state index contributed by atoms with van der Waals surface area (Å²) in [6, 6.07) is 17.3. The third-order valence-electron chi connectivity index (χ3n) is 5.80. The van der Waals surface area contributed by atoms with Gasteiger partial charge in [0.05, 0.1) is 19.1 Å². The fraction of sp³-hybridized carbons (Fsp3) is 0.440. The summed E-state index contributed by atoms with van der Waals surface area (Å²) in [4.78, 5) is 27.8. The van der Waals surface area contributed by atoms with E-state index in [1.807, 2.05) is 68.4 Å². The average molecular weight is 425 g/mol. The van der Waals surface area contributed by atoms with Crippen LogP contribution in [0.15, 0.2) is 54.6 Å². The highest BCUT2D eigenvalue weighted by Gasteiger charge is 2.30. The monoisotopic (exact) mass is 424 g/mol. The van der Waals surface area contributed by atoms with E-state index in [9.17, 15) is 9.59 Å². The summed E-state index contributed by atoms with van der Waals surface area (Å²) in [7, 11) is 0. The number of anilines is 2. The average Bonchev–Trinajstić information content (AvgIpc) is 2.80. The number of carbonyl (C=O) groups excluding carboxylic acids is 2. The fourth-order valence-corrected chi connectivity index (χ4v) is 3.72. The van der Waals surface area contributed by atoms with Gasteiger partial charge in [-0.05, 0) is 42.7 Å². The lowest BCUT2D eigenvalue weighted by atomic mass is 9.85. The van der Waals surface area contributed by atoms with Gasteiger partial charge in [-0.25, -0.2) is 0 Å². The molecule has 31 heavy (non-hydrogen) atoms. The number of esters is 1. The van der Waals surface area contributed by atoms with Crippen molar-refractivity contribution >= 4 is 23.3 Å². The topological polar surface area (TPSA) is 67.9 Å². The van der Waals surface area contributed by atoms with Crippen molar-refractivity contribution in [3.63, 3.8) is 0 Å². The van der Waals surface area contributed by atoms with Gasteiger partial charge in [0.2, 0.25) is 0 Å². The van der Waals surface area contributed by atoms with E-state index in [-0.39, 0.29) is 17.8 Å². The summed E-state index contributed by atoms with van der Waals surface area (Å²) in [5.41, 5.74) is 2.68. The molecule has 0 aliphatic carbocycles. The molecule has 0 saturated carbocycles. The smallest absolute Gasteiger partial charge is 0.314 e. The molecule has 1 aliphatic heterocycles. The van der Waals surface area contributed by atoms with Gasteiger partial charge in [-0.2, -0.15) is 0 Å². The lowest BCUT2D eigenvalue weighted by molar-refractivity contribution is -0.155. The van der Waals surface area contributed by atoms with Gasteiger partial charge in [0.1, 0.15) is 0 Å². The molecule has 3 atom stereocenters. The van der Waals surface area contributed by atoms with Crippen molar-refractivity contribution < 1.29 is 19.1 Å². The Labute approximate surface area is 184 Å². The zero-order valence-corrected chi connectivity index (χ0v) is 18.5. The Hall–Kier alpha value is -2.86. The first-order valence-corrected chi connectivity index (χ1v) is 11.0. The van der Waals surface area contributed by atoms with Gasteiger partial charge in [-0.15, -0.1) is 0 Å². The Morgan fingerprint density at radius 3 is 2.29 bits per heavy atom. The molecule has 1 saturated heterocycles. The van der Waals surface area contributed by atoms with E-state index in [4.69, 9.17) is 9.47 Å². The molecule has 1 amide bonds. The molecule has 6 heteroatoms. The number of benzene rings is 2. The first kappa shape index (κ1) is 22.8. The van der Waals surface area contributed by atoms with Crippen LogP contribution in [0.3, 0.4) is 0 Å². The standard InChI is InChI=1S/C25H32N2O4/c1-4-18(2)23(20-8-6-5-7-9-20)25(29)31-19(3)24(28)26-21-10-12-22(13-11-21)27-14-16-30-17-15-27/h5-13,18-19,23H,4,14-17H2,1-3H3,(H,26,28). The highest BCUT2D eigenvalue weighted by molar-refractivity contribution is 5.95. The van der Waals surface area contributed by atoms with Crippen molar-refractivity contribution in [2.24, 2.45) is 5.92 Å². The lowest BCUT2D eigenvalue weighted by Gasteiger charge is -2.29. The summed E-state index contributed by atoms with van der Waals surface area (Å²) in [5.74, 6) is -0.999. The first-order chi connectivity index (χ1) is 15.0. The number of nitrogens with one attached hydrogen (secondary N) is 1. The molecule has 2 aromatic rings. The molecule has 2 aromatic carbocycles. The van der Waals surface area contributed by atoms with E-state index in [0.717, 1.165) is 44.0 Å². The minimum absolute atomic E-state index is 0.109. The Balaban J connectivity index is 1.59. The van der Waals surface area contributed by atoms with E-state index in [1.54, 1.807) is 6.92 Å². The number of nitrogens with zero attached hydrogens (tertiary/aromatic N) is 1. The zero-order chi connectivity index (χ0) is 22.2. The van der Waals surface area contributed by atoms with Crippen molar-refractivity contribution in [3.8, 4) is 0 Å². The van der Waals surface area contributed by atoms with Gasteiger partial charge in [-0.1, -0.05) is 50.6 Å². The number of hydrogen-bond donors (Lipinski definition) is 1. The van der Waals surface area contributed by atoms with E-state index < -0.39 is 12.0 Å². The van der Waals surface area contributed by atoms with Crippen LogP contribution in [-0.4, -0.2) is 44.3 Å². The number of rotatable bonds is 8. The first-order valence-electron chi connectivity index (χ1n) is 11.0. The molecule has 1 heterocycles. The molecule has 0 spiro atoms. The van der Waals surface area contributed by atoms with Gasteiger partial charge in [0.25, 0.3) is 5.91 Å². The summed E-state index contributed by atoms with van der Waals surface area (Å²) >= 11 is 0. The second-order valence-corrected chi connectivity index (χ2v) is 7.99. The predicted molar refractivity (Wildman–Crippen MR) is 122 cm³/mol. The van der Waals surface area contributed by atoms with Crippen molar-refractivity contribution in [2.45, 2.75) is 39.2 Å². The molecule has 0 radical (unpaired) electrons. The van der Waals surface area contributed by atoms with Crippen LogP contribution < -0.4 is 10.2 Å². The molecule has 1 aliphatic rings. The highest BCUT2D eigenvalue weighted by atomic mass is 16.5. The van der Waals surface area contributed by atoms with Crippen LogP contribution in [0.4, 0.5) is 11.4 Å². The van der Waals surface area contributed by atoms with Crippen LogP contribution in [0.5, 0.6) is 0 Å². The largest absolute Gasteiger partial charge is 0.452 e. The van der Waals surface area contributed by atoms with Crippen LogP contribution in [0, 0.1) is 5.92 Å². The van der Waals surface area contributed by atoms with Crippen LogP contribution in [0.1, 0.15) is 38.7 Å². The normalized spacial score (nSPS) is 16.8. The van der Waals surface area contributed by atoms with E-state index in [1.165, 1.54) is 0 Å². The maximum absolute atomic E-state index is 12.9. The maximum atomic E-state index is 12.9. The van der Waals surface area contributed by atoms with Crippen LogP contribution in [0.2, 0.25) is 0 Å². The molecule has 6 nitrogen and oxygen atoms in total. The Kier molecular flexibility index (Phi) is 8.06. The molecular formula is C25H32N2O4. The number of hydrogen-bond acceptors (Lipinski definition) is 5.